The van der Waals surface area contributed by atoms with Gasteiger partial charge in [-0.2, -0.15) is 0 Å². The van der Waals surface area contributed by atoms with Gasteiger partial charge in [-0.05, 0) is 83.5 Å². The molecule has 0 saturated heterocycles. The van der Waals surface area contributed by atoms with Crippen LogP contribution in [0.4, 0.5) is 0 Å². The van der Waals surface area contributed by atoms with Crippen LogP contribution in [0, 0.1) is 0 Å². The number of nitrogens with one attached hydrogen (secondary N) is 1. The number of allylic oxidation sites excluding steroid dienone is 11. The van der Waals surface area contributed by atoms with Gasteiger partial charge in [-0.3, -0.25) is 13.8 Å². The molecule has 0 heterocycles. The summed E-state index contributed by atoms with van der Waals surface area (Å²) in [5, 5.41) is 13.9. The third-order valence-corrected chi connectivity index (χ3v) is 14.4. The lowest BCUT2D eigenvalue weighted by atomic mass is 10.0. The zero-order valence-electron chi connectivity index (χ0n) is 47.9. The quantitative estimate of drug-likeness (QED) is 0.0243. The van der Waals surface area contributed by atoms with Gasteiger partial charge in [-0.1, -0.05) is 254 Å². The van der Waals surface area contributed by atoms with Crippen molar-refractivity contribution in [2.24, 2.45) is 0 Å². The van der Waals surface area contributed by atoms with Gasteiger partial charge in [0.15, 0.2) is 0 Å². The number of nitrogens with zero attached hydrogens (tertiary/aromatic N) is 1. The predicted octanol–water partition coefficient (Wildman–Crippen LogP) is 18.7. The van der Waals surface area contributed by atoms with Gasteiger partial charge in [0.2, 0.25) is 5.91 Å². The van der Waals surface area contributed by atoms with Crippen molar-refractivity contribution in [3.05, 3.63) is 72.9 Å². The van der Waals surface area contributed by atoms with Crippen LogP contribution in [0.2, 0.25) is 0 Å². The fraction of sp³-hybridized carbons (Fsp3) is 0.794. The molecule has 0 saturated carbocycles. The van der Waals surface area contributed by atoms with E-state index in [2.05, 4.69) is 79.9 Å². The van der Waals surface area contributed by atoms with E-state index in [1.807, 2.05) is 27.2 Å². The van der Waals surface area contributed by atoms with Crippen LogP contribution < -0.4 is 5.32 Å². The van der Waals surface area contributed by atoms with Gasteiger partial charge in [-0.15, -0.1) is 0 Å². The van der Waals surface area contributed by atoms with E-state index >= 15 is 0 Å². The number of quaternary nitrogens is 1. The number of aliphatic hydroxyl groups is 1. The minimum absolute atomic E-state index is 0.0477. The lowest BCUT2D eigenvalue weighted by molar-refractivity contribution is -0.870. The first-order valence-electron chi connectivity index (χ1n) is 30.3. The third-order valence-electron chi connectivity index (χ3n) is 13.4. The maximum Gasteiger partial charge on any atom is 0.472 e. The Hall–Kier alpha value is -2.06. The van der Waals surface area contributed by atoms with Crippen molar-refractivity contribution in [1.29, 1.82) is 0 Å². The van der Waals surface area contributed by atoms with Gasteiger partial charge in [-0.25, -0.2) is 4.57 Å². The first-order valence-corrected chi connectivity index (χ1v) is 31.8. The first-order chi connectivity index (χ1) is 35.0. The van der Waals surface area contributed by atoms with Crippen molar-refractivity contribution in [2.75, 3.05) is 40.9 Å². The molecule has 72 heavy (non-hydrogen) atoms. The Balaban J connectivity index is 4.24. The summed E-state index contributed by atoms with van der Waals surface area (Å²) < 4.78 is 23.7. The number of hydrogen-bond acceptors (Lipinski definition) is 5. The molecule has 3 atom stereocenters. The minimum atomic E-state index is -4.37. The number of carbonyl (C=O) groups is 1. The summed E-state index contributed by atoms with van der Waals surface area (Å²) in [7, 11) is 1.53. The number of likely N-dealkylation sites (N-methyl/N-ethyl adjacent to an activating group) is 1. The number of aliphatic hydroxyl groups excluding tert-OH is 1. The van der Waals surface area contributed by atoms with Crippen LogP contribution in [-0.4, -0.2) is 73.4 Å². The third kappa shape index (κ3) is 55.7. The van der Waals surface area contributed by atoms with Crippen LogP contribution in [0.1, 0.15) is 271 Å². The van der Waals surface area contributed by atoms with E-state index in [1.165, 1.54) is 180 Å². The highest BCUT2D eigenvalue weighted by Gasteiger charge is 2.27. The average molecular weight is 1030 g/mol. The molecule has 0 radical (unpaired) electrons. The van der Waals surface area contributed by atoms with Crippen LogP contribution in [0.5, 0.6) is 0 Å². The zero-order chi connectivity index (χ0) is 52.7. The Morgan fingerprint density at radius 2 is 0.806 bits per heavy atom. The number of amides is 1. The average Bonchev–Trinajstić information content (AvgIpc) is 3.34. The maximum absolute atomic E-state index is 13.0. The molecule has 0 aromatic heterocycles. The van der Waals surface area contributed by atoms with E-state index in [-0.39, 0.29) is 19.1 Å². The molecule has 3 unspecified atom stereocenters. The number of carbonyl (C=O) groups excluding carboxylic acids is 1. The Morgan fingerprint density at radius 1 is 0.472 bits per heavy atom. The van der Waals surface area contributed by atoms with Crippen molar-refractivity contribution in [1.82, 2.24) is 5.32 Å². The molecule has 9 heteroatoms. The first kappa shape index (κ1) is 69.9. The summed E-state index contributed by atoms with van der Waals surface area (Å²) in [6.45, 7) is 4.76. The molecule has 0 aromatic carbocycles. The largest absolute Gasteiger partial charge is 0.472 e. The van der Waals surface area contributed by atoms with E-state index in [0.717, 1.165) is 70.6 Å². The zero-order valence-corrected chi connectivity index (χ0v) is 48.8. The second-order valence-corrected chi connectivity index (χ2v) is 23.2. The lowest BCUT2D eigenvalue weighted by Crippen LogP contribution is -2.45. The highest BCUT2D eigenvalue weighted by Crippen LogP contribution is 2.43. The molecule has 1 amide bonds. The lowest BCUT2D eigenvalue weighted by Gasteiger charge is -2.25. The highest BCUT2D eigenvalue weighted by molar-refractivity contribution is 7.47. The summed E-state index contributed by atoms with van der Waals surface area (Å²) in [6, 6.07) is -0.882. The summed E-state index contributed by atoms with van der Waals surface area (Å²) in [6.07, 6.45) is 74.5. The molecule has 0 aromatic rings. The molecule has 0 aliphatic carbocycles. The van der Waals surface area contributed by atoms with E-state index < -0.39 is 20.0 Å². The van der Waals surface area contributed by atoms with Crippen molar-refractivity contribution in [3.63, 3.8) is 0 Å². The molecular formula is C63H118N2O6P+. The van der Waals surface area contributed by atoms with Crippen LogP contribution in [-0.2, 0) is 18.4 Å². The standard InChI is InChI=1S/C63H117N2O6P/c1-6-8-10-12-14-16-18-20-22-24-26-27-28-29-30-31-32-33-34-35-36-37-39-40-42-44-46-48-50-52-54-56-62(66)61(60-71-72(68,69)70-59-58-65(3,4)5)64-63(67)57-55-53-51-49-47-45-43-41-38-25-23-21-19-17-15-13-11-9-7-2/h15,17,21,23,38-41,46,48,54,56,61-62,66H,6-14,16,18-20,22,24-37,42-45,47,49-53,55,57-60H2,1-5H3,(H-,64,67,68,69)/p+1/b17-15-,23-21-,40-39+,41-38-,48-46+,56-54+. The molecule has 0 aliphatic heterocycles. The van der Waals surface area contributed by atoms with Crippen molar-refractivity contribution < 1.29 is 32.9 Å². The molecule has 0 fully saturated rings. The summed E-state index contributed by atoms with van der Waals surface area (Å²) in [4.78, 5) is 23.3. The van der Waals surface area contributed by atoms with Gasteiger partial charge in [0.25, 0.3) is 0 Å². The number of hydrogen-bond donors (Lipinski definition) is 3. The highest BCUT2D eigenvalue weighted by atomic mass is 31.2. The molecule has 0 aliphatic rings. The van der Waals surface area contributed by atoms with Gasteiger partial charge >= 0.3 is 7.82 Å². The van der Waals surface area contributed by atoms with E-state index in [0.29, 0.717) is 17.4 Å². The summed E-state index contributed by atoms with van der Waals surface area (Å²) in [5.41, 5.74) is 0. The van der Waals surface area contributed by atoms with E-state index in [4.69, 9.17) is 9.05 Å². The van der Waals surface area contributed by atoms with Crippen LogP contribution in [0.25, 0.3) is 0 Å². The normalized spacial score (nSPS) is 14.4. The van der Waals surface area contributed by atoms with Crippen LogP contribution >= 0.6 is 7.82 Å². The molecule has 0 spiro atoms. The Morgan fingerprint density at radius 3 is 1.24 bits per heavy atom. The number of phosphoric acid groups is 1. The second kappa shape index (κ2) is 53.8. The smallest absolute Gasteiger partial charge is 0.387 e. The van der Waals surface area contributed by atoms with Crippen molar-refractivity contribution in [2.45, 2.75) is 283 Å². The van der Waals surface area contributed by atoms with Gasteiger partial charge in [0.05, 0.1) is 39.9 Å². The van der Waals surface area contributed by atoms with Crippen LogP contribution in [0.15, 0.2) is 72.9 Å². The van der Waals surface area contributed by atoms with Crippen LogP contribution in [0.3, 0.4) is 0 Å². The second-order valence-electron chi connectivity index (χ2n) is 21.7. The minimum Gasteiger partial charge on any atom is -0.387 e. The molecule has 3 N–H and O–H groups in total. The number of phosphoric ester groups is 1. The number of rotatable bonds is 55. The Labute approximate surface area is 446 Å². The molecular weight excluding hydrogens is 912 g/mol. The van der Waals surface area contributed by atoms with Crippen molar-refractivity contribution >= 4 is 13.7 Å². The molecule has 0 bridgehead atoms. The van der Waals surface area contributed by atoms with Gasteiger partial charge in [0.1, 0.15) is 13.2 Å². The maximum atomic E-state index is 13.0. The number of unbranched alkanes of at least 4 members (excludes halogenated alkanes) is 32. The van der Waals surface area contributed by atoms with Gasteiger partial charge in [0, 0.05) is 6.42 Å². The Bertz CT molecular complexity index is 1400. The SMILES string of the molecule is CCCCC/C=C\C/C=C\C/C=C\CCCCCCCCC(=O)NC(COP(=O)(O)OCC[N+](C)(C)C)C(O)/C=C/CC/C=C/CC/C=C/CCCCCCCCCCCCCCCCCCCCCCC. The summed E-state index contributed by atoms with van der Waals surface area (Å²) in [5.74, 6) is -0.204. The fourth-order valence-corrected chi connectivity index (χ4v) is 9.35. The monoisotopic (exact) mass is 1030 g/mol. The van der Waals surface area contributed by atoms with Gasteiger partial charge < -0.3 is 19.8 Å². The summed E-state index contributed by atoms with van der Waals surface area (Å²) >= 11 is 0. The topological polar surface area (TPSA) is 105 Å². The van der Waals surface area contributed by atoms with E-state index in [1.54, 1.807) is 6.08 Å². The van der Waals surface area contributed by atoms with E-state index in [9.17, 15) is 19.4 Å². The Kier molecular flexibility index (Phi) is 52.2. The molecule has 8 nitrogen and oxygen atoms in total. The van der Waals surface area contributed by atoms with Crippen molar-refractivity contribution in [3.8, 4) is 0 Å². The molecule has 0 rings (SSSR count). The predicted molar refractivity (Wildman–Crippen MR) is 313 cm³/mol. The fourth-order valence-electron chi connectivity index (χ4n) is 8.61. The molecule has 420 valence electrons.